The second-order valence-corrected chi connectivity index (χ2v) is 7.72. The third kappa shape index (κ3) is 5.22. The lowest BCUT2D eigenvalue weighted by Crippen LogP contribution is -2.33. The molecule has 4 aromatic rings. The molecule has 182 valence electrons. The Morgan fingerprint density at radius 3 is 2.36 bits per heavy atom. The summed E-state index contributed by atoms with van der Waals surface area (Å²) in [6.07, 6.45) is -1.32. The molecule has 0 unspecified atom stereocenters. The maximum atomic E-state index is 13.1. The number of aromatic nitrogens is 2. The number of nitrogens with one attached hydrogen (secondary N) is 1. The Morgan fingerprint density at radius 1 is 0.972 bits per heavy atom. The predicted octanol–water partition coefficient (Wildman–Crippen LogP) is 2.43. The van der Waals surface area contributed by atoms with Crippen LogP contribution in [0.15, 0.2) is 83.7 Å². The number of nitrogens with zero attached hydrogens (tertiary/aromatic N) is 2. The maximum absolute atomic E-state index is 13.1. The summed E-state index contributed by atoms with van der Waals surface area (Å²) >= 11 is 0. The Kier molecular flexibility index (Phi) is 7.05. The monoisotopic (exact) mass is 486 g/mol. The second-order valence-electron chi connectivity index (χ2n) is 7.72. The molecule has 0 aliphatic rings. The number of rotatable bonds is 8. The lowest BCUT2D eigenvalue weighted by atomic mass is 10.1. The van der Waals surface area contributed by atoms with Gasteiger partial charge in [0.1, 0.15) is 12.3 Å². The van der Waals surface area contributed by atoms with Gasteiger partial charge in [0.15, 0.2) is 5.69 Å². The third-order valence-electron chi connectivity index (χ3n) is 5.31. The summed E-state index contributed by atoms with van der Waals surface area (Å²) in [5.74, 6) is -1.84. The van der Waals surface area contributed by atoms with E-state index < -0.39 is 36.0 Å². The summed E-state index contributed by atoms with van der Waals surface area (Å²) < 4.78 is 11.5. The minimum atomic E-state index is -1.32. The van der Waals surface area contributed by atoms with Gasteiger partial charge in [-0.2, -0.15) is 5.10 Å². The highest BCUT2D eigenvalue weighted by Crippen LogP contribution is 2.23. The molecular weight excluding hydrogens is 464 g/mol. The number of hydrogen-bond acceptors (Lipinski definition) is 7. The molecule has 3 N–H and O–H groups in total. The fourth-order valence-electron chi connectivity index (χ4n) is 3.62. The number of methoxy groups -OCH3 is 1. The van der Waals surface area contributed by atoms with Crippen molar-refractivity contribution in [2.24, 2.45) is 5.73 Å². The van der Waals surface area contributed by atoms with Crippen molar-refractivity contribution < 1.29 is 23.9 Å². The van der Waals surface area contributed by atoms with E-state index in [1.165, 1.54) is 13.2 Å². The van der Waals surface area contributed by atoms with E-state index in [1.54, 1.807) is 72.8 Å². The van der Waals surface area contributed by atoms with Crippen LogP contribution in [0.4, 0.5) is 5.69 Å². The third-order valence-corrected chi connectivity index (χ3v) is 5.31. The van der Waals surface area contributed by atoms with Crippen LogP contribution in [0.3, 0.4) is 0 Å². The molecule has 3 aromatic carbocycles. The molecule has 0 aliphatic carbocycles. The predicted molar refractivity (Wildman–Crippen MR) is 131 cm³/mol. The van der Waals surface area contributed by atoms with Crippen molar-refractivity contribution in [2.75, 3.05) is 12.4 Å². The van der Waals surface area contributed by atoms with E-state index in [1.807, 2.05) is 0 Å². The highest BCUT2D eigenvalue weighted by Gasteiger charge is 2.26. The van der Waals surface area contributed by atoms with E-state index in [-0.39, 0.29) is 16.5 Å². The number of anilines is 1. The Morgan fingerprint density at radius 2 is 1.67 bits per heavy atom. The van der Waals surface area contributed by atoms with Crippen LogP contribution in [0.25, 0.3) is 10.8 Å². The minimum Gasteiger partial charge on any atom is -0.497 e. The normalized spacial score (nSPS) is 11.5. The molecule has 4 rings (SSSR count). The van der Waals surface area contributed by atoms with E-state index in [4.69, 9.17) is 15.2 Å². The van der Waals surface area contributed by atoms with Gasteiger partial charge in [-0.3, -0.25) is 19.2 Å². The number of primary amides is 1. The molecule has 0 radical (unpaired) electrons. The van der Waals surface area contributed by atoms with Crippen LogP contribution in [0, 0.1) is 0 Å². The number of fused-ring (bicyclic) bond motifs is 1. The van der Waals surface area contributed by atoms with Crippen molar-refractivity contribution in [2.45, 2.75) is 12.6 Å². The van der Waals surface area contributed by atoms with Crippen LogP contribution in [0.2, 0.25) is 0 Å². The summed E-state index contributed by atoms with van der Waals surface area (Å²) in [4.78, 5) is 50.8. The first-order valence-corrected chi connectivity index (χ1v) is 10.9. The number of benzene rings is 3. The first kappa shape index (κ1) is 24.1. The van der Waals surface area contributed by atoms with Crippen LogP contribution in [-0.2, 0) is 20.9 Å². The van der Waals surface area contributed by atoms with Gasteiger partial charge in [0, 0.05) is 22.7 Å². The Bertz CT molecular complexity index is 1500. The van der Waals surface area contributed by atoms with Crippen molar-refractivity contribution >= 4 is 34.2 Å². The summed E-state index contributed by atoms with van der Waals surface area (Å²) in [5, 5.41) is 7.12. The van der Waals surface area contributed by atoms with Gasteiger partial charge in [-0.05, 0) is 18.2 Å². The van der Waals surface area contributed by atoms with Gasteiger partial charge in [0.25, 0.3) is 17.4 Å². The van der Waals surface area contributed by atoms with Gasteiger partial charge >= 0.3 is 5.97 Å². The van der Waals surface area contributed by atoms with E-state index in [0.29, 0.717) is 17.0 Å². The van der Waals surface area contributed by atoms with Crippen molar-refractivity contribution in [3.8, 4) is 5.75 Å². The van der Waals surface area contributed by atoms with Crippen molar-refractivity contribution in [3.05, 3.63) is 100 Å². The van der Waals surface area contributed by atoms with E-state index in [9.17, 15) is 19.2 Å². The molecule has 1 atom stereocenters. The summed E-state index contributed by atoms with van der Waals surface area (Å²) in [6, 6.07) is 21.4. The fourth-order valence-corrected chi connectivity index (χ4v) is 3.62. The minimum absolute atomic E-state index is 0.159. The van der Waals surface area contributed by atoms with Crippen LogP contribution in [0.1, 0.15) is 22.2 Å². The highest BCUT2D eigenvalue weighted by molar-refractivity contribution is 6.04. The number of carbonyl (C=O) groups is 3. The SMILES string of the molecule is COc1cccc(NC(=O)[C@@H](OC(=O)Cn2nc(C(N)=O)c3ccccc3c2=O)c2ccccc2)c1. The van der Waals surface area contributed by atoms with Gasteiger partial charge in [-0.1, -0.05) is 54.6 Å². The molecule has 10 nitrogen and oxygen atoms in total. The lowest BCUT2D eigenvalue weighted by Gasteiger charge is -2.18. The zero-order valence-corrected chi connectivity index (χ0v) is 19.2. The number of ether oxygens (including phenoxy) is 2. The first-order chi connectivity index (χ1) is 17.4. The number of carbonyl (C=O) groups excluding carboxylic acids is 3. The molecule has 2 amide bonds. The van der Waals surface area contributed by atoms with Gasteiger partial charge < -0.3 is 20.5 Å². The van der Waals surface area contributed by atoms with Crippen LogP contribution < -0.4 is 21.3 Å². The smallest absolute Gasteiger partial charge is 0.329 e. The highest BCUT2D eigenvalue weighted by atomic mass is 16.5. The average Bonchev–Trinajstić information content (AvgIpc) is 2.89. The first-order valence-electron chi connectivity index (χ1n) is 10.9. The molecule has 0 bridgehead atoms. The quantitative estimate of drug-likeness (QED) is 0.364. The van der Waals surface area contributed by atoms with Crippen LogP contribution in [-0.4, -0.2) is 34.7 Å². The van der Waals surface area contributed by atoms with Gasteiger partial charge in [-0.25, -0.2) is 4.68 Å². The second kappa shape index (κ2) is 10.5. The number of amides is 2. The van der Waals surface area contributed by atoms with E-state index >= 15 is 0 Å². The maximum Gasteiger partial charge on any atom is 0.329 e. The average molecular weight is 486 g/mol. The lowest BCUT2D eigenvalue weighted by molar-refractivity contribution is -0.155. The van der Waals surface area contributed by atoms with Crippen molar-refractivity contribution in [1.82, 2.24) is 9.78 Å². The molecule has 0 aliphatic heterocycles. The molecule has 1 aromatic heterocycles. The Balaban J connectivity index is 1.61. The zero-order chi connectivity index (χ0) is 25.7. The van der Waals surface area contributed by atoms with E-state index in [0.717, 1.165) is 4.68 Å². The van der Waals surface area contributed by atoms with Crippen molar-refractivity contribution in [1.29, 1.82) is 0 Å². The summed E-state index contributed by atoms with van der Waals surface area (Å²) in [5.41, 5.74) is 5.52. The Hall–Kier alpha value is -4.99. The largest absolute Gasteiger partial charge is 0.497 e. The number of hydrogen-bond donors (Lipinski definition) is 2. The molecule has 1 heterocycles. The molecular formula is C26H22N4O6. The summed E-state index contributed by atoms with van der Waals surface area (Å²) in [6.45, 7) is -0.639. The van der Waals surface area contributed by atoms with Crippen molar-refractivity contribution in [3.63, 3.8) is 0 Å². The summed E-state index contributed by atoms with van der Waals surface area (Å²) in [7, 11) is 1.50. The van der Waals surface area contributed by atoms with Gasteiger partial charge in [-0.15, -0.1) is 0 Å². The molecule has 0 saturated heterocycles. The zero-order valence-electron chi connectivity index (χ0n) is 19.2. The number of nitrogens with two attached hydrogens (primary N) is 1. The topological polar surface area (TPSA) is 143 Å². The molecule has 36 heavy (non-hydrogen) atoms. The molecule has 0 saturated carbocycles. The molecule has 10 heteroatoms. The Labute approximate surface area is 205 Å². The van der Waals surface area contributed by atoms with Gasteiger partial charge in [0.05, 0.1) is 12.5 Å². The standard InChI is InChI=1S/C26H22N4O6/c1-35-18-11-7-10-17(14-18)28-25(33)23(16-8-3-2-4-9-16)36-21(31)15-30-26(34)20-13-6-5-12-19(20)22(29-30)24(27)32/h2-14,23H,15H2,1H3,(H2,27,32)(H,28,33)/t23-/m0/s1. The van der Waals surface area contributed by atoms with Crippen LogP contribution >= 0.6 is 0 Å². The molecule has 0 fully saturated rings. The number of esters is 1. The fraction of sp³-hybridized carbons (Fsp3) is 0.115. The van der Waals surface area contributed by atoms with Crippen LogP contribution in [0.5, 0.6) is 5.75 Å². The molecule has 0 spiro atoms. The van der Waals surface area contributed by atoms with Gasteiger partial charge in [0.2, 0.25) is 6.10 Å². The van der Waals surface area contributed by atoms with E-state index in [2.05, 4.69) is 10.4 Å².